The third kappa shape index (κ3) is 5.07. The van der Waals surface area contributed by atoms with E-state index in [1.54, 1.807) is 24.5 Å². The average Bonchev–Trinajstić information content (AvgIpc) is 2.85. The van der Waals surface area contributed by atoms with Crippen LogP contribution in [0.1, 0.15) is 17.3 Å². The molecule has 0 aromatic carbocycles. The van der Waals surface area contributed by atoms with Gasteiger partial charge in [0.15, 0.2) is 6.61 Å². The van der Waals surface area contributed by atoms with Crippen LogP contribution in [-0.2, 0) is 14.3 Å². The highest BCUT2D eigenvalue weighted by atomic mass is 32.1. The van der Waals surface area contributed by atoms with Gasteiger partial charge >= 0.3 is 5.97 Å². The number of anilines is 1. The Kier molecular flexibility index (Phi) is 6.18. The molecule has 0 aliphatic heterocycles. The van der Waals surface area contributed by atoms with Crippen LogP contribution < -0.4 is 11.1 Å². The number of carbonyl (C=O) groups excluding carboxylic acids is 3. The number of amides is 2. The zero-order valence-corrected chi connectivity index (χ0v) is 11.6. The first-order valence-electron chi connectivity index (χ1n) is 5.68. The first-order valence-corrected chi connectivity index (χ1v) is 6.55. The molecule has 0 spiro atoms. The second-order valence-corrected chi connectivity index (χ2v) is 4.48. The topological polar surface area (TPSA) is 98.5 Å². The summed E-state index contributed by atoms with van der Waals surface area (Å²) in [6.07, 6.45) is 6.11. The zero-order valence-electron chi connectivity index (χ0n) is 10.8. The van der Waals surface area contributed by atoms with E-state index in [0.29, 0.717) is 5.00 Å². The van der Waals surface area contributed by atoms with E-state index in [9.17, 15) is 14.4 Å². The molecule has 0 aliphatic rings. The van der Waals surface area contributed by atoms with Crippen molar-refractivity contribution in [3.63, 3.8) is 0 Å². The molecule has 2 amide bonds. The molecule has 3 N–H and O–H groups in total. The Balaban J connectivity index is 2.46. The predicted molar refractivity (Wildman–Crippen MR) is 76.4 cm³/mol. The molecule has 1 rings (SSSR count). The van der Waals surface area contributed by atoms with E-state index < -0.39 is 24.4 Å². The van der Waals surface area contributed by atoms with Gasteiger partial charge in [-0.15, -0.1) is 11.3 Å². The van der Waals surface area contributed by atoms with Crippen LogP contribution in [0.25, 0.3) is 0 Å². The van der Waals surface area contributed by atoms with E-state index in [0.717, 1.165) is 11.3 Å². The Labute approximate surface area is 119 Å². The van der Waals surface area contributed by atoms with Crippen molar-refractivity contribution in [1.82, 2.24) is 0 Å². The van der Waals surface area contributed by atoms with E-state index in [4.69, 9.17) is 10.5 Å². The lowest BCUT2D eigenvalue weighted by Crippen LogP contribution is -2.21. The van der Waals surface area contributed by atoms with E-state index in [1.807, 2.05) is 0 Å². The smallest absolute Gasteiger partial charge is 0.331 e. The first kappa shape index (κ1) is 15.6. The maximum Gasteiger partial charge on any atom is 0.331 e. The summed E-state index contributed by atoms with van der Waals surface area (Å²) in [6.45, 7) is 1.37. The van der Waals surface area contributed by atoms with Gasteiger partial charge in [0.2, 0.25) is 0 Å². The molecular formula is C13H14N2O4S. The summed E-state index contributed by atoms with van der Waals surface area (Å²) in [5, 5.41) is 4.42. The van der Waals surface area contributed by atoms with Gasteiger partial charge in [0.05, 0.1) is 5.56 Å². The molecule has 1 aromatic rings. The molecule has 6 nitrogen and oxygen atoms in total. The Morgan fingerprint density at radius 1 is 1.40 bits per heavy atom. The zero-order chi connectivity index (χ0) is 15.0. The summed E-state index contributed by atoms with van der Waals surface area (Å²) in [6, 6.07) is 1.51. The van der Waals surface area contributed by atoms with Crippen LogP contribution in [0.2, 0.25) is 0 Å². The number of thiophene rings is 1. The van der Waals surface area contributed by atoms with Crippen molar-refractivity contribution in [1.29, 1.82) is 0 Å². The lowest BCUT2D eigenvalue weighted by Gasteiger charge is -2.04. The highest BCUT2D eigenvalue weighted by molar-refractivity contribution is 7.14. The van der Waals surface area contributed by atoms with Crippen LogP contribution in [0.5, 0.6) is 0 Å². The van der Waals surface area contributed by atoms with E-state index in [-0.39, 0.29) is 5.56 Å². The molecule has 0 aliphatic carbocycles. The third-order valence-corrected chi connectivity index (χ3v) is 2.89. The van der Waals surface area contributed by atoms with Gasteiger partial charge in [-0.3, -0.25) is 9.59 Å². The maximum absolute atomic E-state index is 11.5. The minimum absolute atomic E-state index is 0.225. The fraction of sp³-hybridized carbons (Fsp3) is 0.154. The van der Waals surface area contributed by atoms with Gasteiger partial charge in [-0.2, -0.15) is 0 Å². The van der Waals surface area contributed by atoms with Crippen molar-refractivity contribution in [3.8, 4) is 0 Å². The minimum Gasteiger partial charge on any atom is -0.452 e. The average molecular weight is 294 g/mol. The van der Waals surface area contributed by atoms with Crippen LogP contribution >= 0.6 is 11.3 Å². The minimum atomic E-state index is -0.632. The number of hydrogen-bond acceptors (Lipinski definition) is 5. The van der Waals surface area contributed by atoms with Crippen LogP contribution in [-0.4, -0.2) is 24.4 Å². The number of rotatable bonds is 6. The van der Waals surface area contributed by atoms with Gasteiger partial charge in [0, 0.05) is 6.08 Å². The number of hydrogen-bond donors (Lipinski definition) is 2. The molecule has 0 atom stereocenters. The number of esters is 1. The number of ether oxygens (including phenoxy) is 1. The second-order valence-electron chi connectivity index (χ2n) is 3.57. The molecule has 0 fully saturated rings. The first-order chi connectivity index (χ1) is 9.54. The Morgan fingerprint density at radius 3 is 2.80 bits per heavy atom. The number of primary amides is 1. The third-order valence-electron chi connectivity index (χ3n) is 2.07. The SMILES string of the molecule is C/C=C/C=C/C(=O)OCC(=O)Nc1sccc1C(N)=O. The monoisotopic (exact) mass is 294 g/mol. The summed E-state index contributed by atoms with van der Waals surface area (Å²) in [7, 11) is 0. The van der Waals surface area contributed by atoms with Gasteiger partial charge in [0.1, 0.15) is 5.00 Å². The molecule has 0 saturated carbocycles. The Hall–Kier alpha value is -2.41. The standard InChI is InChI=1S/C13H14N2O4S/c1-2-3-4-5-11(17)19-8-10(16)15-13-9(12(14)18)6-7-20-13/h2-7H,8H2,1H3,(H2,14,18)(H,15,16)/b3-2+,5-4+. The highest BCUT2D eigenvalue weighted by Crippen LogP contribution is 2.22. The molecule has 106 valence electrons. The summed E-state index contributed by atoms with van der Waals surface area (Å²) >= 11 is 1.16. The van der Waals surface area contributed by atoms with Crippen LogP contribution in [0.15, 0.2) is 35.8 Å². The quantitative estimate of drug-likeness (QED) is 0.471. The molecule has 1 heterocycles. The molecule has 0 bridgehead atoms. The maximum atomic E-state index is 11.5. The second kappa shape index (κ2) is 7.90. The van der Waals surface area contributed by atoms with Crippen LogP contribution in [0, 0.1) is 0 Å². The predicted octanol–water partition coefficient (Wildman–Crippen LogP) is 1.46. The Morgan fingerprint density at radius 2 is 2.15 bits per heavy atom. The van der Waals surface area contributed by atoms with Gasteiger partial charge < -0.3 is 15.8 Å². The number of nitrogens with two attached hydrogens (primary N) is 1. The normalized spacial score (nSPS) is 10.8. The van der Waals surface area contributed by atoms with E-state index >= 15 is 0 Å². The van der Waals surface area contributed by atoms with Gasteiger partial charge in [-0.25, -0.2) is 4.79 Å². The summed E-state index contributed by atoms with van der Waals surface area (Å²) < 4.78 is 4.72. The van der Waals surface area contributed by atoms with Gasteiger partial charge in [-0.1, -0.05) is 18.2 Å². The fourth-order valence-corrected chi connectivity index (χ4v) is 2.00. The summed E-state index contributed by atoms with van der Waals surface area (Å²) in [5.41, 5.74) is 5.37. The largest absolute Gasteiger partial charge is 0.452 e. The number of nitrogens with one attached hydrogen (secondary N) is 1. The molecule has 0 unspecified atom stereocenters. The van der Waals surface area contributed by atoms with Crippen LogP contribution in [0.4, 0.5) is 5.00 Å². The van der Waals surface area contributed by atoms with Crippen molar-refractivity contribution in [2.45, 2.75) is 6.92 Å². The lowest BCUT2D eigenvalue weighted by atomic mass is 10.3. The number of allylic oxidation sites excluding steroid dienone is 3. The lowest BCUT2D eigenvalue weighted by molar-refractivity contribution is -0.142. The van der Waals surface area contributed by atoms with Crippen molar-refractivity contribution < 1.29 is 19.1 Å². The molecule has 0 radical (unpaired) electrons. The Bertz CT molecular complexity index is 560. The highest BCUT2D eigenvalue weighted by Gasteiger charge is 2.13. The van der Waals surface area contributed by atoms with Crippen LogP contribution in [0.3, 0.4) is 0 Å². The van der Waals surface area contributed by atoms with Crippen molar-refractivity contribution in [2.24, 2.45) is 5.73 Å². The molecular weight excluding hydrogens is 280 g/mol. The van der Waals surface area contributed by atoms with E-state index in [2.05, 4.69) is 5.32 Å². The fourth-order valence-electron chi connectivity index (χ4n) is 1.19. The molecule has 1 aromatic heterocycles. The van der Waals surface area contributed by atoms with Gasteiger partial charge in [-0.05, 0) is 18.4 Å². The molecule has 20 heavy (non-hydrogen) atoms. The van der Waals surface area contributed by atoms with E-state index in [1.165, 1.54) is 18.2 Å². The van der Waals surface area contributed by atoms with Gasteiger partial charge in [0.25, 0.3) is 11.8 Å². The summed E-state index contributed by atoms with van der Waals surface area (Å²) in [4.78, 5) is 33.8. The summed E-state index contributed by atoms with van der Waals surface area (Å²) in [5.74, 6) is -1.80. The van der Waals surface area contributed by atoms with Crippen molar-refractivity contribution >= 4 is 34.1 Å². The molecule has 0 saturated heterocycles. The molecule has 7 heteroatoms. The van der Waals surface area contributed by atoms with Crippen molar-refractivity contribution in [2.75, 3.05) is 11.9 Å². The van der Waals surface area contributed by atoms with Crippen molar-refractivity contribution in [3.05, 3.63) is 41.3 Å². The number of carbonyl (C=O) groups is 3.